The van der Waals surface area contributed by atoms with Crippen LogP contribution in [0.2, 0.25) is 0 Å². The van der Waals surface area contributed by atoms with Crippen LogP contribution < -0.4 is 0 Å². The highest BCUT2D eigenvalue weighted by molar-refractivity contribution is 7.90. The Kier molecular flexibility index (Phi) is 6.80. The highest BCUT2D eigenvalue weighted by atomic mass is 32.2. The van der Waals surface area contributed by atoms with Gasteiger partial charge in [-0.25, -0.2) is 8.42 Å². The number of hydrogen-bond acceptors (Lipinski definition) is 7. The molecule has 190 valence electrons. The van der Waals surface area contributed by atoms with Crippen LogP contribution in [0, 0.1) is 5.92 Å². The number of likely N-dealkylation sites (tertiary alicyclic amines) is 1. The molecule has 1 saturated carbocycles. The molecule has 5 rings (SSSR count). The molecular formula is C27H31N3O5S. The van der Waals surface area contributed by atoms with Crippen molar-refractivity contribution in [1.29, 1.82) is 0 Å². The minimum atomic E-state index is -3.66. The van der Waals surface area contributed by atoms with E-state index in [9.17, 15) is 23.4 Å². The first kappa shape index (κ1) is 24.8. The fourth-order valence-corrected chi connectivity index (χ4v) is 7.08. The number of hydrogen-bond donors (Lipinski definition) is 2. The average molecular weight is 510 g/mol. The minimum Gasteiger partial charge on any atom is -0.393 e. The first-order valence-electron chi connectivity index (χ1n) is 12.5. The van der Waals surface area contributed by atoms with E-state index in [2.05, 4.69) is 9.97 Å². The van der Waals surface area contributed by atoms with Crippen LogP contribution in [-0.4, -0.2) is 64.2 Å². The predicted molar refractivity (Wildman–Crippen MR) is 135 cm³/mol. The molecule has 0 bridgehead atoms. The third-order valence-corrected chi connectivity index (χ3v) is 9.44. The van der Waals surface area contributed by atoms with Crippen molar-refractivity contribution in [2.75, 3.05) is 13.1 Å². The number of carbonyl (C=O) groups excluding carboxylic acids is 1. The number of piperidine rings is 1. The van der Waals surface area contributed by atoms with Crippen LogP contribution in [-0.2, 0) is 15.6 Å². The maximum absolute atomic E-state index is 13.1. The zero-order valence-corrected chi connectivity index (χ0v) is 20.9. The molecule has 2 aromatic carbocycles. The fourth-order valence-electron chi connectivity index (χ4n) is 5.56. The molecule has 0 atom stereocenters. The summed E-state index contributed by atoms with van der Waals surface area (Å²) in [7, 11) is -3.66. The summed E-state index contributed by atoms with van der Waals surface area (Å²) in [5.41, 5.74) is 1.18. The quantitative estimate of drug-likeness (QED) is 0.542. The third kappa shape index (κ3) is 5.00. The number of aliphatic hydroxyl groups excluding tert-OH is 1. The summed E-state index contributed by atoms with van der Waals surface area (Å²) in [6.07, 6.45) is 6.90. The van der Waals surface area contributed by atoms with Crippen LogP contribution in [0.4, 0.5) is 0 Å². The minimum absolute atomic E-state index is 0.116. The molecule has 8 nitrogen and oxygen atoms in total. The lowest BCUT2D eigenvalue weighted by molar-refractivity contribution is -0.0813. The van der Waals surface area contributed by atoms with Crippen molar-refractivity contribution >= 4 is 26.8 Å². The summed E-state index contributed by atoms with van der Waals surface area (Å²) >= 11 is 0. The Labute approximate surface area is 210 Å². The Morgan fingerprint density at radius 1 is 0.972 bits per heavy atom. The van der Waals surface area contributed by atoms with Gasteiger partial charge in [0.05, 0.1) is 27.9 Å². The number of benzene rings is 2. The number of fused-ring (bicyclic) bond motifs is 1. The molecule has 1 amide bonds. The smallest absolute Gasteiger partial charge is 0.253 e. The van der Waals surface area contributed by atoms with Crippen molar-refractivity contribution in [3.63, 3.8) is 0 Å². The number of sulfone groups is 1. The zero-order chi connectivity index (χ0) is 25.3. The molecule has 1 aliphatic carbocycles. The summed E-state index contributed by atoms with van der Waals surface area (Å²) in [6, 6.07) is 11.6. The Morgan fingerprint density at radius 3 is 2.33 bits per heavy atom. The van der Waals surface area contributed by atoms with Crippen molar-refractivity contribution in [3.8, 4) is 0 Å². The second-order valence-electron chi connectivity index (χ2n) is 10.0. The summed E-state index contributed by atoms with van der Waals surface area (Å²) in [6.45, 7) is 0.958. The molecular weight excluding hydrogens is 478 g/mol. The van der Waals surface area contributed by atoms with E-state index >= 15 is 0 Å². The first-order chi connectivity index (χ1) is 17.2. The Hall–Kier alpha value is -2.88. The van der Waals surface area contributed by atoms with E-state index in [0.29, 0.717) is 48.1 Å². The van der Waals surface area contributed by atoms with E-state index in [-0.39, 0.29) is 28.6 Å². The number of carbonyl (C=O) groups is 1. The number of nitrogens with zero attached hydrogens (tertiary/aromatic N) is 3. The molecule has 2 aliphatic rings. The molecule has 36 heavy (non-hydrogen) atoms. The lowest BCUT2D eigenvalue weighted by Gasteiger charge is -2.45. The standard InChI is InChI=1S/C27H31N3O5S/c31-22-10-8-21(9-11-22)27(33)12-16-30(17-13-27)26(32)20-6-4-19(5-7-20)18-36(34,35)24-3-1-2-23-25(24)29-15-14-28-23/h1-7,14-15,21-22,31,33H,8-13,16-18H2. The first-order valence-corrected chi connectivity index (χ1v) is 14.1. The highest BCUT2D eigenvalue weighted by Gasteiger charge is 2.41. The van der Waals surface area contributed by atoms with Crippen LogP contribution >= 0.6 is 0 Å². The monoisotopic (exact) mass is 509 g/mol. The van der Waals surface area contributed by atoms with E-state index in [1.165, 1.54) is 18.5 Å². The van der Waals surface area contributed by atoms with Crippen LogP contribution in [0.1, 0.15) is 54.4 Å². The molecule has 1 saturated heterocycles. The van der Waals surface area contributed by atoms with Gasteiger partial charge in [0.1, 0.15) is 5.52 Å². The number of amides is 1. The lowest BCUT2D eigenvalue weighted by Crippen LogP contribution is -2.51. The highest BCUT2D eigenvalue weighted by Crippen LogP contribution is 2.39. The van der Waals surface area contributed by atoms with Gasteiger partial charge in [0.15, 0.2) is 9.84 Å². The molecule has 1 aromatic heterocycles. The van der Waals surface area contributed by atoms with Gasteiger partial charge in [0.25, 0.3) is 5.91 Å². The van der Waals surface area contributed by atoms with Gasteiger partial charge >= 0.3 is 0 Å². The average Bonchev–Trinajstić information content (AvgIpc) is 2.89. The van der Waals surface area contributed by atoms with E-state index < -0.39 is 15.4 Å². The van der Waals surface area contributed by atoms with Gasteiger partial charge in [0, 0.05) is 31.0 Å². The molecule has 0 unspecified atom stereocenters. The number of rotatable bonds is 5. The summed E-state index contributed by atoms with van der Waals surface area (Å²) < 4.78 is 26.2. The van der Waals surface area contributed by atoms with Crippen LogP contribution in [0.3, 0.4) is 0 Å². The van der Waals surface area contributed by atoms with Gasteiger partial charge in [-0.3, -0.25) is 14.8 Å². The topological polar surface area (TPSA) is 121 Å². The van der Waals surface area contributed by atoms with Gasteiger partial charge in [-0.2, -0.15) is 0 Å². The maximum Gasteiger partial charge on any atom is 0.253 e. The Bertz CT molecular complexity index is 1340. The molecule has 9 heteroatoms. The SMILES string of the molecule is O=C(c1ccc(CS(=O)(=O)c2cccc3nccnc23)cc1)N1CCC(O)(C2CCC(O)CC2)CC1. The molecule has 2 fully saturated rings. The summed E-state index contributed by atoms with van der Waals surface area (Å²) in [5.74, 6) is -0.147. The summed E-state index contributed by atoms with van der Waals surface area (Å²) in [5, 5.41) is 20.9. The Morgan fingerprint density at radius 2 is 1.64 bits per heavy atom. The van der Waals surface area contributed by atoms with E-state index in [1.54, 1.807) is 41.3 Å². The van der Waals surface area contributed by atoms with Gasteiger partial charge < -0.3 is 15.1 Å². The third-order valence-electron chi connectivity index (χ3n) is 7.73. The molecule has 3 aromatic rings. The lowest BCUT2D eigenvalue weighted by atomic mass is 9.71. The predicted octanol–water partition coefficient (Wildman–Crippen LogP) is 3.12. The van der Waals surface area contributed by atoms with Gasteiger partial charge in [-0.05, 0) is 74.3 Å². The van der Waals surface area contributed by atoms with Crippen molar-refractivity contribution in [3.05, 3.63) is 66.0 Å². The van der Waals surface area contributed by atoms with Crippen molar-refractivity contribution < 1.29 is 23.4 Å². The number of aliphatic hydroxyl groups is 2. The van der Waals surface area contributed by atoms with E-state index in [0.717, 1.165) is 25.7 Å². The van der Waals surface area contributed by atoms with Crippen LogP contribution in [0.15, 0.2) is 59.8 Å². The Balaban J connectivity index is 1.23. The number of aromatic nitrogens is 2. The van der Waals surface area contributed by atoms with Crippen molar-refractivity contribution in [1.82, 2.24) is 14.9 Å². The van der Waals surface area contributed by atoms with E-state index in [1.807, 2.05) is 0 Å². The van der Waals surface area contributed by atoms with Crippen molar-refractivity contribution in [2.45, 2.75) is 60.9 Å². The summed E-state index contributed by atoms with van der Waals surface area (Å²) in [4.78, 5) is 23.4. The fraction of sp³-hybridized carbons (Fsp3) is 0.444. The normalized spacial score (nSPS) is 22.4. The molecule has 0 radical (unpaired) electrons. The van der Waals surface area contributed by atoms with Crippen LogP contribution in [0.25, 0.3) is 11.0 Å². The number of para-hydroxylation sites is 1. The molecule has 1 aliphatic heterocycles. The van der Waals surface area contributed by atoms with Gasteiger partial charge in [-0.15, -0.1) is 0 Å². The van der Waals surface area contributed by atoms with Crippen LogP contribution in [0.5, 0.6) is 0 Å². The van der Waals surface area contributed by atoms with Gasteiger partial charge in [-0.1, -0.05) is 18.2 Å². The molecule has 2 heterocycles. The second kappa shape index (κ2) is 9.88. The van der Waals surface area contributed by atoms with Gasteiger partial charge in [0.2, 0.25) is 0 Å². The van der Waals surface area contributed by atoms with E-state index in [4.69, 9.17) is 0 Å². The molecule has 2 N–H and O–H groups in total. The second-order valence-corrected chi connectivity index (χ2v) is 12.0. The van der Waals surface area contributed by atoms with Crippen molar-refractivity contribution in [2.24, 2.45) is 5.92 Å². The molecule has 0 spiro atoms. The maximum atomic E-state index is 13.1. The zero-order valence-electron chi connectivity index (χ0n) is 20.1. The largest absolute Gasteiger partial charge is 0.393 e.